The van der Waals surface area contributed by atoms with Crippen molar-refractivity contribution >= 4 is 49.6 Å². The Morgan fingerprint density at radius 1 is 0.919 bits per heavy atom. The maximum Gasteiger partial charge on any atom is 0.326 e. The second-order valence-electron chi connectivity index (χ2n) is 11.6. The first-order valence-electron chi connectivity index (χ1n) is 13.2. The van der Waals surface area contributed by atoms with Gasteiger partial charge >= 0.3 is 5.97 Å². The molecule has 1 saturated carbocycles. The Kier molecular flexibility index (Phi) is 6.00. The number of carbonyl (C=O) groups is 3. The molecule has 1 aliphatic heterocycles. The van der Waals surface area contributed by atoms with Crippen molar-refractivity contribution in [2.45, 2.75) is 54.8 Å². The normalized spacial score (nSPS) is 35.8. The number of hydrogen-bond donors (Lipinski definition) is 0. The number of likely N-dealkylation sites (tertiary alicyclic amines) is 1. The summed E-state index contributed by atoms with van der Waals surface area (Å²) < 4.78 is 4.27. The van der Waals surface area contributed by atoms with Gasteiger partial charge in [0.15, 0.2) is 0 Å². The van der Waals surface area contributed by atoms with E-state index in [-0.39, 0.29) is 24.5 Å². The van der Waals surface area contributed by atoms with Crippen molar-refractivity contribution in [2.75, 3.05) is 6.54 Å². The number of carbonyl (C=O) groups excluding carboxylic acids is 3. The highest BCUT2D eigenvalue weighted by Crippen LogP contribution is 2.70. The number of nitrogens with zero attached hydrogens (tertiary/aromatic N) is 1. The molecule has 2 aromatic rings. The Labute approximate surface area is 234 Å². The van der Waals surface area contributed by atoms with Gasteiger partial charge < -0.3 is 4.74 Å². The zero-order chi connectivity index (χ0) is 26.3. The van der Waals surface area contributed by atoms with Crippen molar-refractivity contribution in [1.29, 1.82) is 0 Å². The van der Waals surface area contributed by atoms with Crippen molar-refractivity contribution in [2.24, 2.45) is 29.6 Å². The molecule has 0 spiro atoms. The summed E-state index contributed by atoms with van der Waals surface area (Å²) in [6.45, 7) is 6.16. The summed E-state index contributed by atoms with van der Waals surface area (Å²) in [7, 11) is 0. The molecule has 5 atom stereocenters. The Morgan fingerprint density at radius 3 is 1.81 bits per heavy atom. The average molecular weight is 629 g/mol. The second-order valence-corrected chi connectivity index (χ2v) is 14.1. The van der Waals surface area contributed by atoms with Crippen LogP contribution in [0.15, 0.2) is 48.5 Å². The lowest BCUT2D eigenvalue weighted by atomic mass is 9.54. The van der Waals surface area contributed by atoms with Crippen molar-refractivity contribution in [3.8, 4) is 0 Å². The van der Waals surface area contributed by atoms with Gasteiger partial charge in [-0.25, -0.2) is 0 Å². The van der Waals surface area contributed by atoms with Crippen molar-refractivity contribution < 1.29 is 19.1 Å². The third kappa shape index (κ3) is 3.42. The van der Waals surface area contributed by atoms with Crippen LogP contribution in [0.2, 0.25) is 0 Å². The monoisotopic (exact) mass is 627 g/mol. The van der Waals surface area contributed by atoms with E-state index in [2.05, 4.69) is 52.6 Å². The molecule has 194 valence electrons. The Morgan fingerprint density at radius 2 is 1.38 bits per heavy atom. The molecule has 2 amide bonds. The van der Waals surface area contributed by atoms with Gasteiger partial charge in [0, 0.05) is 0 Å². The van der Waals surface area contributed by atoms with Crippen LogP contribution in [-0.4, -0.2) is 35.3 Å². The van der Waals surface area contributed by atoms with Gasteiger partial charge in [0.05, 0.1) is 20.5 Å². The Bertz CT molecular complexity index is 1180. The van der Waals surface area contributed by atoms with Crippen LogP contribution in [0.3, 0.4) is 0 Å². The second kappa shape index (κ2) is 8.77. The van der Waals surface area contributed by atoms with E-state index in [4.69, 9.17) is 4.74 Å². The van der Waals surface area contributed by atoms with Crippen LogP contribution in [0, 0.1) is 29.6 Å². The molecule has 0 radical (unpaired) electrons. The lowest BCUT2D eigenvalue weighted by molar-refractivity contribution is -0.161. The average Bonchev–Trinajstić information content (AvgIpc) is 3.13. The van der Waals surface area contributed by atoms with Gasteiger partial charge in [-0.15, -0.1) is 0 Å². The smallest absolute Gasteiger partial charge is 0.326 e. The molecular formula is C30H31Br2NO4. The van der Waals surface area contributed by atoms with Crippen LogP contribution in [0.4, 0.5) is 0 Å². The third-order valence-electron chi connectivity index (χ3n) is 9.21. The van der Waals surface area contributed by atoms with Gasteiger partial charge in [-0.1, -0.05) is 108 Å². The van der Waals surface area contributed by atoms with Crippen LogP contribution < -0.4 is 0 Å². The van der Waals surface area contributed by atoms with E-state index >= 15 is 0 Å². The molecule has 4 aliphatic carbocycles. The zero-order valence-corrected chi connectivity index (χ0v) is 24.4. The lowest BCUT2D eigenvalue weighted by Gasteiger charge is -2.55. The fraction of sp³-hybridized carbons (Fsp3) is 0.500. The molecule has 2 fully saturated rings. The van der Waals surface area contributed by atoms with E-state index in [1.807, 2.05) is 48.5 Å². The van der Waals surface area contributed by atoms with E-state index in [1.165, 1.54) is 0 Å². The van der Waals surface area contributed by atoms with Crippen LogP contribution in [-0.2, 0) is 27.8 Å². The number of ether oxygens (including phenoxy) is 1. The van der Waals surface area contributed by atoms with Gasteiger partial charge in [0.1, 0.15) is 12.6 Å². The van der Waals surface area contributed by atoms with Crippen LogP contribution in [0.25, 0.3) is 0 Å². The van der Waals surface area contributed by atoms with E-state index in [0.717, 1.165) is 46.4 Å². The molecule has 5 nitrogen and oxygen atoms in total. The molecule has 0 unspecified atom stereocenters. The zero-order valence-electron chi connectivity index (χ0n) is 21.2. The van der Waals surface area contributed by atoms with Crippen molar-refractivity contribution in [1.82, 2.24) is 4.90 Å². The molecule has 7 heteroatoms. The highest BCUT2D eigenvalue weighted by atomic mass is 79.9. The molecule has 1 heterocycles. The van der Waals surface area contributed by atoms with Gasteiger partial charge in [-0.2, -0.15) is 0 Å². The molecular weight excluding hydrogens is 598 g/mol. The van der Waals surface area contributed by atoms with Gasteiger partial charge in [0.25, 0.3) is 0 Å². The summed E-state index contributed by atoms with van der Waals surface area (Å²) >= 11 is 7.99. The Balaban J connectivity index is 1.34. The lowest BCUT2D eigenvalue weighted by Crippen LogP contribution is -2.56. The number of benzene rings is 2. The van der Waals surface area contributed by atoms with Crippen LogP contribution >= 0.6 is 31.9 Å². The van der Waals surface area contributed by atoms with Gasteiger partial charge in [0.2, 0.25) is 11.8 Å². The fourth-order valence-corrected chi connectivity index (χ4v) is 9.77. The Hall–Kier alpha value is -1.99. The van der Waals surface area contributed by atoms with Gasteiger partial charge in [-0.3, -0.25) is 19.3 Å². The number of rotatable bonds is 4. The predicted octanol–water partition coefficient (Wildman–Crippen LogP) is 5.90. The van der Waals surface area contributed by atoms with E-state index in [0.29, 0.717) is 17.8 Å². The summed E-state index contributed by atoms with van der Waals surface area (Å²) in [6, 6.07) is 15.9. The topological polar surface area (TPSA) is 63.7 Å². The van der Waals surface area contributed by atoms with E-state index in [9.17, 15) is 14.4 Å². The molecule has 0 aromatic heterocycles. The quantitative estimate of drug-likeness (QED) is 0.240. The molecule has 0 N–H and O–H groups in total. The molecule has 1 saturated heterocycles. The maximum atomic E-state index is 14.0. The number of alkyl halides is 2. The van der Waals surface area contributed by atoms with Crippen LogP contribution in [0.1, 0.15) is 62.3 Å². The first kappa shape index (κ1) is 25.3. The largest absolute Gasteiger partial charge is 0.461 e. The minimum atomic E-state index is -0.854. The molecule has 5 aliphatic rings. The predicted molar refractivity (Wildman–Crippen MR) is 147 cm³/mol. The minimum Gasteiger partial charge on any atom is -0.461 e. The summed E-state index contributed by atoms with van der Waals surface area (Å²) in [5, 5.41) is 0. The number of halogens is 2. The van der Waals surface area contributed by atoms with Crippen molar-refractivity contribution in [3.05, 3.63) is 70.8 Å². The molecule has 2 aromatic carbocycles. The highest BCUT2D eigenvalue weighted by molar-refractivity contribution is 9.10. The van der Waals surface area contributed by atoms with E-state index < -0.39 is 26.5 Å². The summed E-state index contributed by atoms with van der Waals surface area (Å²) in [6.07, 6.45) is 2.80. The summed E-state index contributed by atoms with van der Waals surface area (Å²) in [5.41, 5.74) is 3.92. The summed E-state index contributed by atoms with van der Waals surface area (Å²) in [5.74, 6) is -1.31. The number of imide groups is 1. The minimum absolute atomic E-state index is 0.180. The van der Waals surface area contributed by atoms with Crippen LogP contribution in [0.5, 0.6) is 0 Å². The number of hydrogen-bond acceptors (Lipinski definition) is 4. The molecule has 7 rings (SSSR count). The standard InChI is InChI=1S/C30H31Br2NO4/c1-16(2)18-13-12-17(3)14-23(18)37-24(34)15-33-27(35)25-26(28(33)36)30(32)20-9-5-4-8-19(20)29(25,31)21-10-6-7-11-22(21)30/h4-11,16-18,23,25-26H,12-15H2,1-3H3/t17-,18-,23+,25-,26+,29?,30?/m1/s1. The summed E-state index contributed by atoms with van der Waals surface area (Å²) in [4.78, 5) is 42.4. The molecule has 2 bridgehead atoms. The first-order chi connectivity index (χ1) is 17.6. The first-order valence-corrected chi connectivity index (χ1v) is 14.8. The maximum absolute atomic E-state index is 14.0. The number of amides is 2. The van der Waals surface area contributed by atoms with E-state index in [1.54, 1.807) is 0 Å². The highest BCUT2D eigenvalue weighted by Gasteiger charge is 2.72. The SMILES string of the molecule is CC(C)[C@H]1CC[C@@H](C)C[C@@H]1OC(=O)CN1C(=O)[C@@H]2[C@H](C1=O)C1(Br)c3ccccc3C2(Br)c2ccccc21. The van der Waals surface area contributed by atoms with Crippen molar-refractivity contribution in [3.63, 3.8) is 0 Å². The third-order valence-corrected chi connectivity index (χ3v) is 11.9. The van der Waals surface area contributed by atoms with Gasteiger partial charge in [-0.05, 0) is 52.8 Å². The number of esters is 1. The molecule has 37 heavy (non-hydrogen) atoms. The fourth-order valence-electron chi connectivity index (χ4n) is 7.47.